The van der Waals surface area contributed by atoms with Crippen molar-refractivity contribution in [3.8, 4) is 22.5 Å². The standard InChI is InChI=1S/C17H11F2N2.Ir/c1-11-10-20-16(12-2-6-14(18)7-3-12)17(21-11)13-4-8-15(19)9-5-13;/h2-9H,1H3;/q-1;. The monoisotopic (exact) mass is 474 g/mol. The molecule has 22 heavy (non-hydrogen) atoms. The van der Waals surface area contributed by atoms with Crippen LogP contribution in [0.15, 0.2) is 48.5 Å². The van der Waals surface area contributed by atoms with Gasteiger partial charge in [0.15, 0.2) is 0 Å². The van der Waals surface area contributed by atoms with Gasteiger partial charge in [0.05, 0.1) is 0 Å². The SMILES string of the molecule is Cc1[c-]nc(-c2ccc(F)cc2)c(-c2ccc(F)cc2)n1.[Ir]. The first kappa shape index (κ1) is 16.4. The Morgan fingerprint density at radius 2 is 1.23 bits per heavy atom. The van der Waals surface area contributed by atoms with Crippen molar-refractivity contribution >= 4 is 0 Å². The molecule has 0 bridgehead atoms. The third kappa shape index (κ3) is 3.43. The molecule has 0 aliphatic rings. The summed E-state index contributed by atoms with van der Waals surface area (Å²) >= 11 is 0. The minimum Gasteiger partial charge on any atom is -0.448 e. The molecule has 113 valence electrons. The zero-order valence-corrected chi connectivity index (χ0v) is 14.0. The summed E-state index contributed by atoms with van der Waals surface area (Å²) in [5.74, 6) is -0.625. The third-order valence-electron chi connectivity index (χ3n) is 3.07. The van der Waals surface area contributed by atoms with Gasteiger partial charge in [0, 0.05) is 25.8 Å². The molecule has 2 aromatic carbocycles. The van der Waals surface area contributed by atoms with Crippen molar-refractivity contribution in [3.05, 3.63) is 72.1 Å². The van der Waals surface area contributed by atoms with E-state index in [0.717, 1.165) is 11.1 Å². The Morgan fingerprint density at radius 1 is 0.773 bits per heavy atom. The van der Waals surface area contributed by atoms with Crippen molar-refractivity contribution < 1.29 is 28.9 Å². The van der Waals surface area contributed by atoms with Crippen molar-refractivity contribution in [2.24, 2.45) is 0 Å². The molecule has 0 fully saturated rings. The smallest absolute Gasteiger partial charge is 0.123 e. The molecule has 1 radical (unpaired) electrons. The van der Waals surface area contributed by atoms with Crippen LogP contribution in [0.2, 0.25) is 0 Å². The van der Waals surface area contributed by atoms with Crippen LogP contribution in [0.3, 0.4) is 0 Å². The summed E-state index contributed by atoms with van der Waals surface area (Å²) in [5, 5.41) is 0. The van der Waals surface area contributed by atoms with Gasteiger partial charge in [-0.05, 0) is 42.4 Å². The third-order valence-corrected chi connectivity index (χ3v) is 3.07. The van der Waals surface area contributed by atoms with E-state index in [1.54, 1.807) is 31.2 Å². The van der Waals surface area contributed by atoms with Crippen LogP contribution in [0.4, 0.5) is 8.78 Å². The second kappa shape index (κ2) is 6.86. The average Bonchev–Trinajstić information content (AvgIpc) is 2.49. The molecule has 0 saturated heterocycles. The summed E-state index contributed by atoms with van der Waals surface area (Å²) in [5.41, 5.74) is 3.34. The van der Waals surface area contributed by atoms with Crippen LogP contribution in [0, 0.1) is 24.8 Å². The van der Waals surface area contributed by atoms with Gasteiger partial charge < -0.3 is 4.98 Å². The van der Waals surface area contributed by atoms with E-state index in [0.29, 0.717) is 17.1 Å². The number of rotatable bonds is 2. The molecule has 3 rings (SSSR count). The molecule has 1 heterocycles. The fraction of sp³-hybridized carbons (Fsp3) is 0.0588. The van der Waals surface area contributed by atoms with Crippen LogP contribution in [-0.2, 0) is 20.1 Å². The van der Waals surface area contributed by atoms with Crippen LogP contribution >= 0.6 is 0 Å². The topological polar surface area (TPSA) is 25.8 Å². The normalized spacial score (nSPS) is 10.1. The van der Waals surface area contributed by atoms with Gasteiger partial charge in [-0.25, -0.2) is 8.78 Å². The van der Waals surface area contributed by atoms with Gasteiger partial charge in [-0.1, -0.05) is 35.5 Å². The minimum absolute atomic E-state index is 0. The number of aromatic nitrogens is 2. The van der Waals surface area contributed by atoms with Gasteiger partial charge in [-0.15, -0.1) is 6.20 Å². The Kier molecular flexibility index (Phi) is 5.11. The van der Waals surface area contributed by atoms with E-state index >= 15 is 0 Å². The van der Waals surface area contributed by atoms with Crippen molar-refractivity contribution in [1.82, 2.24) is 9.97 Å². The van der Waals surface area contributed by atoms with Crippen molar-refractivity contribution in [2.45, 2.75) is 6.92 Å². The fourth-order valence-corrected chi connectivity index (χ4v) is 2.05. The molecular formula is C17H11F2IrN2-. The summed E-state index contributed by atoms with van der Waals surface area (Å²) in [6.45, 7) is 1.79. The summed E-state index contributed by atoms with van der Waals surface area (Å²) < 4.78 is 26.1. The van der Waals surface area contributed by atoms with Gasteiger partial charge in [0.1, 0.15) is 11.6 Å². The first-order valence-electron chi connectivity index (χ1n) is 6.42. The molecule has 0 saturated carbocycles. The van der Waals surface area contributed by atoms with E-state index in [2.05, 4.69) is 16.2 Å². The second-order valence-electron chi connectivity index (χ2n) is 4.63. The Hall–Kier alpha value is -1.97. The van der Waals surface area contributed by atoms with Crippen LogP contribution in [0.1, 0.15) is 5.69 Å². The van der Waals surface area contributed by atoms with Crippen LogP contribution in [0.25, 0.3) is 22.5 Å². The summed E-state index contributed by atoms with van der Waals surface area (Å²) in [6, 6.07) is 12.0. The van der Waals surface area contributed by atoms with Gasteiger partial charge >= 0.3 is 0 Å². The van der Waals surface area contributed by atoms with E-state index < -0.39 is 0 Å². The second-order valence-corrected chi connectivity index (χ2v) is 4.63. The molecule has 3 aromatic rings. The van der Waals surface area contributed by atoms with Crippen molar-refractivity contribution in [3.63, 3.8) is 0 Å². The first-order chi connectivity index (χ1) is 10.1. The first-order valence-corrected chi connectivity index (χ1v) is 6.42. The molecule has 2 nitrogen and oxygen atoms in total. The number of halogens is 2. The molecular weight excluding hydrogens is 462 g/mol. The predicted molar refractivity (Wildman–Crippen MR) is 76.4 cm³/mol. The minimum atomic E-state index is -0.314. The maximum atomic E-state index is 13.1. The Bertz CT molecular complexity index is 772. The zero-order valence-electron chi connectivity index (χ0n) is 11.6. The molecule has 5 heteroatoms. The molecule has 0 aliphatic heterocycles. The predicted octanol–water partition coefficient (Wildman–Crippen LogP) is 4.19. The number of benzene rings is 2. The van der Waals surface area contributed by atoms with Crippen molar-refractivity contribution in [2.75, 3.05) is 0 Å². The molecule has 0 N–H and O–H groups in total. The number of hydrogen-bond acceptors (Lipinski definition) is 2. The summed E-state index contributed by atoms with van der Waals surface area (Å²) in [7, 11) is 0. The quantitative estimate of drug-likeness (QED) is 0.522. The maximum absolute atomic E-state index is 13.1. The molecule has 0 aliphatic carbocycles. The van der Waals surface area contributed by atoms with E-state index in [1.165, 1.54) is 24.3 Å². The van der Waals surface area contributed by atoms with Crippen LogP contribution in [-0.4, -0.2) is 9.97 Å². The average molecular weight is 474 g/mol. The Morgan fingerprint density at radius 3 is 1.73 bits per heavy atom. The fourth-order valence-electron chi connectivity index (χ4n) is 2.05. The summed E-state index contributed by atoms with van der Waals surface area (Å²) in [4.78, 5) is 8.71. The zero-order chi connectivity index (χ0) is 14.8. The van der Waals surface area contributed by atoms with Gasteiger partial charge in [-0.3, -0.25) is 4.98 Å². The van der Waals surface area contributed by atoms with E-state index in [-0.39, 0.29) is 31.7 Å². The van der Waals surface area contributed by atoms with Gasteiger partial charge in [0.25, 0.3) is 0 Å². The largest absolute Gasteiger partial charge is 0.448 e. The number of hydrogen-bond donors (Lipinski definition) is 0. The van der Waals surface area contributed by atoms with E-state index in [9.17, 15) is 8.78 Å². The van der Waals surface area contributed by atoms with Gasteiger partial charge in [-0.2, -0.15) is 0 Å². The van der Waals surface area contributed by atoms with Crippen LogP contribution in [0.5, 0.6) is 0 Å². The maximum Gasteiger partial charge on any atom is 0.123 e. The van der Waals surface area contributed by atoms with E-state index in [4.69, 9.17) is 0 Å². The Balaban J connectivity index is 0.00000176. The molecule has 0 unspecified atom stereocenters. The Labute approximate surface area is 140 Å². The van der Waals surface area contributed by atoms with Crippen LogP contribution < -0.4 is 0 Å². The number of aryl methyl sites for hydroxylation is 1. The molecule has 0 spiro atoms. The molecule has 1 aromatic heterocycles. The molecule has 0 amide bonds. The summed E-state index contributed by atoms with van der Waals surface area (Å²) in [6.07, 6.45) is 2.81. The van der Waals surface area contributed by atoms with Crippen molar-refractivity contribution in [1.29, 1.82) is 0 Å². The van der Waals surface area contributed by atoms with Gasteiger partial charge in [0.2, 0.25) is 0 Å². The molecule has 0 atom stereocenters. The van der Waals surface area contributed by atoms with E-state index in [1.807, 2.05) is 0 Å². The number of nitrogens with zero attached hydrogens (tertiary/aromatic N) is 2.